The fraction of sp³-hybridized carbons (Fsp3) is 0.462. The van der Waals surface area contributed by atoms with Crippen molar-refractivity contribution in [2.45, 2.75) is 31.7 Å². The second-order valence-corrected chi connectivity index (χ2v) is 4.11. The Balaban J connectivity index is 2.09. The van der Waals surface area contributed by atoms with Crippen molar-refractivity contribution >= 4 is 12.2 Å². The average Bonchev–Trinajstić information content (AvgIpc) is 2.39. The van der Waals surface area contributed by atoms with E-state index in [1.54, 1.807) is 24.7 Å². The molecule has 1 amide bonds. The van der Waals surface area contributed by atoms with Gasteiger partial charge in [0.1, 0.15) is 0 Å². The molecule has 1 radical (unpaired) electrons. The number of rotatable bonds is 8. The van der Waals surface area contributed by atoms with Crippen LogP contribution in [0.1, 0.15) is 24.8 Å². The second kappa shape index (κ2) is 8.36. The van der Waals surface area contributed by atoms with Crippen LogP contribution in [0.5, 0.6) is 0 Å². The number of nitrogens with one attached hydrogen (secondary N) is 1. The van der Waals surface area contributed by atoms with Crippen molar-refractivity contribution in [3.63, 3.8) is 0 Å². The van der Waals surface area contributed by atoms with Gasteiger partial charge in [-0.05, 0) is 30.9 Å². The number of nitrogens with zero attached hydrogens (tertiary/aromatic N) is 1. The summed E-state index contributed by atoms with van der Waals surface area (Å²) in [5, 5.41) is 2.82. The Morgan fingerprint density at radius 3 is 3.00 bits per heavy atom. The van der Waals surface area contributed by atoms with Crippen molar-refractivity contribution in [3.05, 3.63) is 30.1 Å². The molecule has 0 aliphatic carbocycles. The minimum Gasteiger partial charge on any atom is -0.356 e. The summed E-state index contributed by atoms with van der Waals surface area (Å²) in [5.41, 5.74) is 6.30. The third-order valence-corrected chi connectivity index (χ3v) is 2.50. The van der Waals surface area contributed by atoms with Crippen LogP contribution in [0.15, 0.2) is 24.5 Å². The Bertz CT molecular complexity index is 368. The summed E-state index contributed by atoms with van der Waals surface area (Å²) < 4.78 is 0. The van der Waals surface area contributed by atoms with Gasteiger partial charge in [-0.25, -0.2) is 0 Å². The van der Waals surface area contributed by atoms with E-state index in [1.807, 2.05) is 6.07 Å². The van der Waals surface area contributed by atoms with Crippen LogP contribution >= 0.6 is 0 Å². The summed E-state index contributed by atoms with van der Waals surface area (Å²) in [4.78, 5) is 25.6. The van der Waals surface area contributed by atoms with E-state index >= 15 is 0 Å². The monoisotopic (exact) mass is 248 g/mol. The summed E-state index contributed by atoms with van der Waals surface area (Å²) in [6.45, 7) is 0.602. The predicted molar refractivity (Wildman–Crippen MR) is 68.5 cm³/mol. The molecule has 0 bridgehead atoms. The Kier molecular flexibility index (Phi) is 6.64. The van der Waals surface area contributed by atoms with Crippen LogP contribution in [-0.4, -0.2) is 29.8 Å². The van der Waals surface area contributed by atoms with Gasteiger partial charge in [0.2, 0.25) is 12.2 Å². The lowest BCUT2D eigenvalue weighted by molar-refractivity contribution is -0.120. The molecule has 0 spiro atoms. The van der Waals surface area contributed by atoms with E-state index < -0.39 is 6.04 Å². The molecule has 0 saturated carbocycles. The Morgan fingerprint density at radius 2 is 2.33 bits per heavy atom. The van der Waals surface area contributed by atoms with Gasteiger partial charge < -0.3 is 11.1 Å². The lowest BCUT2D eigenvalue weighted by atomic mass is 10.1. The van der Waals surface area contributed by atoms with E-state index in [1.165, 1.54) is 0 Å². The fourth-order valence-electron chi connectivity index (χ4n) is 1.53. The summed E-state index contributed by atoms with van der Waals surface area (Å²) in [7, 11) is 0. The minimum absolute atomic E-state index is 0.0192. The number of hydrogen-bond acceptors (Lipinski definition) is 4. The first-order chi connectivity index (χ1) is 8.72. The lowest BCUT2D eigenvalue weighted by Crippen LogP contribution is -2.27. The number of aromatic nitrogens is 1. The molecule has 0 saturated heterocycles. The number of hydrogen-bond donors (Lipinski definition) is 2. The molecule has 97 valence electrons. The molecule has 18 heavy (non-hydrogen) atoms. The zero-order valence-electron chi connectivity index (χ0n) is 10.3. The van der Waals surface area contributed by atoms with Gasteiger partial charge in [-0.15, -0.1) is 0 Å². The van der Waals surface area contributed by atoms with Crippen molar-refractivity contribution < 1.29 is 9.59 Å². The summed E-state index contributed by atoms with van der Waals surface area (Å²) in [6, 6.07) is 3.17. The first-order valence-electron chi connectivity index (χ1n) is 6.01. The molecule has 1 rings (SSSR count). The van der Waals surface area contributed by atoms with Gasteiger partial charge in [-0.1, -0.05) is 6.07 Å². The molecular weight excluding hydrogens is 230 g/mol. The van der Waals surface area contributed by atoms with Gasteiger partial charge in [0, 0.05) is 18.9 Å². The number of carbonyl (C=O) groups excluding carboxylic acids is 2. The summed E-state index contributed by atoms with van der Waals surface area (Å²) >= 11 is 0. The van der Waals surface area contributed by atoms with E-state index in [0.29, 0.717) is 19.4 Å². The fourth-order valence-corrected chi connectivity index (χ4v) is 1.53. The molecule has 0 aromatic carbocycles. The molecule has 3 N–H and O–H groups in total. The molecule has 0 aliphatic rings. The Morgan fingerprint density at radius 1 is 1.50 bits per heavy atom. The highest BCUT2D eigenvalue weighted by atomic mass is 16.1. The van der Waals surface area contributed by atoms with Gasteiger partial charge in [0.15, 0.2) is 0 Å². The maximum Gasteiger partial charge on any atom is 0.224 e. The quantitative estimate of drug-likeness (QED) is 0.650. The number of carbonyl (C=O) groups is 1. The molecular formula is C13H18N3O2. The third-order valence-electron chi connectivity index (χ3n) is 2.50. The van der Waals surface area contributed by atoms with Crippen molar-refractivity contribution in [1.82, 2.24) is 10.3 Å². The third kappa shape index (κ3) is 6.10. The minimum atomic E-state index is -0.504. The summed E-state index contributed by atoms with van der Waals surface area (Å²) in [6.07, 6.45) is 7.66. The molecule has 0 fully saturated rings. The molecule has 0 aliphatic heterocycles. The SMILES string of the molecule is N[C@@H]([C]=O)CCCCNC(=O)Cc1cccnc1. The molecule has 0 unspecified atom stereocenters. The highest BCUT2D eigenvalue weighted by molar-refractivity contribution is 5.78. The van der Waals surface area contributed by atoms with Crippen LogP contribution in [0.2, 0.25) is 0 Å². The van der Waals surface area contributed by atoms with Crippen molar-refractivity contribution in [1.29, 1.82) is 0 Å². The van der Waals surface area contributed by atoms with Gasteiger partial charge in [0.05, 0.1) is 12.5 Å². The van der Waals surface area contributed by atoms with E-state index in [9.17, 15) is 9.59 Å². The first kappa shape index (κ1) is 14.3. The van der Waals surface area contributed by atoms with Gasteiger partial charge in [-0.2, -0.15) is 0 Å². The zero-order valence-corrected chi connectivity index (χ0v) is 10.3. The molecule has 5 nitrogen and oxygen atoms in total. The van der Waals surface area contributed by atoms with E-state index in [0.717, 1.165) is 18.4 Å². The molecule has 1 aromatic rings. The maximum absolute atomic E-state index is 11.5. The van der Waals surface area contributed by atoms with E-state index in [4.69, 9.17) is 5.73 Å². The van der Waals surface area contributed by atoms with Gasteiger partial charge in [-0.3, -0.25) is 14.6 Å². The number of amides is 1. The Labute approximate surface area is 107 Å². The van der Waals surface area contributed by atoms with Gasteiger partial charge >= 0.3 is 0 Å². The van der Waals surface area contributed by atoms with Gasteiger partial charge in [0.25, 0.3) is 0 Å². The Hall–Kier alpha value is -1.75. The van der Waals surface area contributed by atoms with Crippen molar-refractivity contribution in [3.8, 4) is 0 Å². The molecule has 1 atom stereocenters. The second-order valence-electron chi connectivity index (χ2n) is 4.11. The molecule has 1 aromatic heterocycles. The number of unbranched alkanes of at least 4 members (excludes halogenated alkanes) is 1. The molecule has 5 heteroatoms. The summed E-state index contributed by atoms with van der Waals surface area (Å²) in [5.74, 6) is -0.0192. The maximum atomic E-state index is 11.5. The normalized spacial score (nSPS) is 11.8. The average molecular weight is 248 g/mol. The van der Waals surface area contributed by atoms with Crippen LogP contribution < -0.4 is 11.1 Å². The van der Waals surface area contributed by atoms with Crippen molar-refractivity contribution in [2.24, 2.45) is 5.73 Å². The zero-order chi connectivity index (χ0) is 13.2. The number of pyridine rings is 1. The largest absolute Gasteiger partial charge is 0.356 e. The number of nitrogens with two attached hydrogens (primary N) is 1. The topological polar surface area (TPSA) is 85.1 Å². The highest BCUT2D eigenvalue weighted by Crippen LogP contribution is 1.98. The van der Waals surface area contributed by atoms with Crippen LogP contribution in [0.4, 0.5) is 0 Å². The first-order valence-corrected chi connectivity index (χ1v) is 6.01. The van der Waals surface area contributed by atoms with Crippen LogP contribution in [0, 0.1) is 0 Å². The lowest BCUT2D eigenvalue weighted by Gasteiger charge is -2.06. The smallest absolute Gasteiger partial charge is 0.224 e. The molecule has 1 heterocycles. The van der Waals surface area contributed by atoms with E-state index in [-0.39, 0.29) is 5.91 Å². The van der Waals surface area contributed by atoms with Crippen LogP contribution in [-0.2, 0) is 16.0 Å². The highest BCUT2D eigenvalue weighted by Gasteiger charge is 2.03. The standard InChI is InChI=1S/C13H18N3O2/c14-12(10-17)5-1-2-7-16-13(18)8-11-4-3-6-15-9-11/h3-4,6,9,12H,1-2,5,7-8,14H2,(H,16,18)/t12-/m1/s1. The predicted octanol–water partition coefficient (Wildman–Crippen LogP) is 0.348. The van der Waals surface area contributed by atoms with Crippen LogP contribution in [0.25, 0.3) is 0 Å². The van der Waals surface area contributed by atoms with Crippen molar-refractivity contribution in [2.75, 3.05) is 6.54 Å². The van der Waals surface area contributed by atoms with E-state index in [2.05, 4.69) is 10.3 Å². The van der Waals surface area contributed by atoms with Crippen LogP contribution in [0.3, 0.4) is 0 Å².